The predicted octanol–water partition coefficient (Wildman–Crippen LogP) is 2.01. The Labute approximate surface area is 178 Å². The lowest BCUT2D eigenvalue weighted by atomic mass is 10.2. The number of thiophene rings is 1. The van der Waals surface area contributed by atoms with Crippen LogP contribution < -0.4 is 10.1 Å². The molecule has 0 saturated carbocycles. The number of sulfonamides is 1. The zero-order chi connectivity index (χ0) is 21.3. The Morgan fingerprint density at radius 1 is 1.23 bits per heavy atom. The molecule has 0 radical (unpaired) electrons. The SMILES string of the molecule is C[C@@H]1Oc2ccc(S(=O)(=O)N3CCN(C(=O)/C=C/c4cccs4)CC3)cc2NC1=O. The van der Waals surface area contributed by atoms with E-state index in [4.69, 9.17) is 4.74 Å². The second-order valence-electron chi connectivity index (χ2n) is 6.99. The quantitative estimate of drug-likeness (QED) is 0.724. The zero-order valence-corrected chi connectivity index (χ0v) is 17.9. The normalized spacial score (nSPS) is 20.0. The van der Waals surface area contributed by atoms with E-state index >= 15 is 0 Å². The predicted molar refractivity (Wildman–Crippen MR) is 114 cm³/mol. The number of fused-ring (bicyclic) bond motifs is 1. The summed E-state index contributed by atoms with van der Waals surface area (Å²) in [5.41, 5.74) is 0.340. The van der Waals surface area contributed by atoms with Crippen molar-refractivity contribution in [1.82, 2.24) is 9.21 Å². The van der Waals surface area contributed by atoms with Gasteiger partial charge in [0.15, 0.2) is 6.10 Å². The summed E-state index contributed by atoms with van der Waals surface area (Å²) < 4.78 is 32.9. The first-order valence-electron chi connectivity index (χ1n) is 9.47. The third kappa shape index (κ3) is 4.11. The van der Waals surface area contributed by atoms with Gasteiger partial charge in [-0.05, 0) is 42.6 Å². The highest BCUT2D eigenvalue weighted by atomic mass is 32.2. The van der Waals surface area contributed by atoms with E-state index in [1.54, 1.807) is 35.3 Å². The number of nitrogens with zero attached hydrogens (tertiary/aromatic N) is 2. The van der Waals surface area contributed by atoms with Crippen molar-refractivity contribution in [2.75, 3.05) is 31.5 Å². The molecule has 0 aliphatic carbocycles. The largest absolute Gasteiger partial charge is 0.479 e. The fourth-order valence-electron chi connectivity index (χ4n) is 3.29. The molecule has 1 fully saturated rings. The first-order valence-corrected chi connectivity index (χ1v) is 11.8. The van der Waals surface area contributed by atoms with Gasteiger partial charge in [-0.25, -0.2) is 8.42 Å². The maximum absolute atomic E-state index is 13.0. The van der Waals surface area contributed by atoms with Crippen molar-refractivity contribution in [1.29, 1.82) is 0 Å². The maximum atomic E-state index is 13.0. The second kappa shape index (κ2) is 8.21. The van der Waals surface area contributed by atoms with Gasteiger partial charge in [-0.3, -0.25) is 9.59 Å². The van der Waals surface area contributed by atoms with Crippen LogP contribution in [0.2, 0.25) is 0 Å². The number of anilines is 1. The number of ether oxygens (including phenoxy) is 1. The fourth-order valence-corrected chi connectivity index (χ4v) is 5.36. The molecule has 158 valence electrons. The molecule has 1 aromatic heterocycles. The van der Waals surface area contributed by atoms with E-state index in [1.165, 1.54) is 22.5 Å². The molecular weight excluding hydrogens is 426 g/mol. The van der Waals surface area contributed by atoms with Gasteiger partial charge in [-0.1, -0.05) is 6.07 Å². The van der Waals surface area contributed by atoms with Crippen LogP contribution >= 0.6 is 11.3 Å². The van der Waals surface area contributed by atoms with Crippen LogP contribution in [-0.4, -0.2) is 61.7 Å². The van der Waals surface area contributed by atoms with Crippen LogP contribution in [0.4, 0.5) is 5.69 Å². The average Bonchev–Trinajstić information content (AvgIpc) is 3.26. The Bertz CT molecular complexity index is 1090. The molecule has 4 rings (SSSR count). The van der Waals surface area contributed by atoms with Crippen molar-refractivity contribution >= 4 is 44.9 Å². The third-order valence-electron chi connectivity index (χ3n) is 5.00. The molecule has 30 heavy (non-hydrogen) atoms. The van der Waals surface area contributed by atoms with E-state index in [0.717, 1.165) is 4.88 Å². The Morgan fingerprint density at radius 2 is 2.00 bits per heavy atom. The van der Waals surface area contributed by atoms with Crippen molar-refractivity contribution < 1.29 is 22.7 Å². The molecular formula is C20H21N3O5S2. The number of rotatable bonds is 4. The molecule has 0 unspecified atom stereocenters. The van der Waals surface area contributed by atoms with Crippen LogP contribution in [0.1, 0.15) is 11.8 Å². The number of hydrogen-bond acceptors (Lipinski definition) is 6. The minimum Gasteiger partial charge on any atom is -0.479 e. The second-order valence-corrected chi connectivity index (χ2v) is 9.90. The topological polar surface area (TPSA) is 96.0 Å². The number of hydrogen-bond donors (Lipinski definition) is 1. The summed E-state index contributed by atoms with van der Waals surface area (Å²) in [6, 6.07) is 8.27. The number of nitrogens with one attached hydrogen (secondary N) is 1. The fraction of sp³-hybridized carbons (Fsp3) is 0.300. The van der Waals surface area contributed by atoms with Gasteiger partial charge in [-0.15, -0.1) is 11.3 Å². The summed E-state index contributed by atoms with van der Waals surface area (Å²) in [5, 5.41) is 4.60. The van der Waals surface area contributed by atoms with Crippen LogP contribution in [0.25, 0.3) is 6.08 Å². The summed E-state index contributed by atoms with van der Waals surface area (Å²) in [5.74, 6) is -0.0167. The summed E-state index contributed by atoms with van der Waals surface area (Å²) in [7, 11) is -3.75. The Morgan fingerprint density at radius 3 is 2.70 bits per heavy atom. The molecule has 8 nitrogen and oxygen atoms in total. The average molecular weight is 448 g/mol. The lowest BCUT2D eigenvalue weighted by Gasteiger charge is -2.33. The maximum Gasteiger partial charge on any atom is 0.265 e. The molecule has 1 atom stereocenters. The minimum atomic E-state index is -3.75. The van der Waals surface area contributed by atoms with Crippen LogP contribution in [0, 0.1) is 0 Å². The minimum absolute atomic E-state index is 0.0806. The summed E-state index contributed by atoms with van der Waals surface area (Å²) in [4.78, 5) is 26.9. The molecule has 3 heterocycles. The Kier molecular flexibility index (Phi) is 5.63. The van der Waals surface area contributed by atoms with E-state index in [0.29, 0.717) is 24.5 Å². The van der Waals surface area contributed by atoms with Gasteiger partial charge >= 0.3 is 0 Å². The molecule has 1 N–H and O–H groups in total. The van der Waals surface area contributed by atoms with Crippen LogP contribution in [0.3, 0.4) is 0 Å². The van der Waals surface area contributed by atoms with E-state index in [-0.39, 0.29) is 29.8 Å². The molecule has 10 heteroatoms. The van der Waals surface area contributed by atoms with Crippen LogP contribution in [0.5, 0.6) is 5.75 Å². The zero-order valence-electron chi connectivity index (χ0n) is 16.3. The van der Waals surface area contributed by atoms with E-state index in [1.807, 2.05) is 17.5 Å². The number of benzene rings is 1. The molecule has 2 aliphatic rings. The number of carbonyl (C=O) groups excluding carboxylic acids is 2. The van der Waals surface area contributed by atoms with Crippen molar-refractivity contribution in [2.45, 2.75) is 17.9 Å². The number of piperazine rings is 1. The summed E-state index contributed by atoms with van der Waals surface area (Å²) >= 11 is 1.54. The molecule has 1 aromatic carbocycles. The van der Waals surface area contributed by atoms with E-state index in [9.17, 15) is 18.0 Å². The monoisotopic (exact) mass is 447 g/mol. The van der Waals surface area contributed by atoms with Gasteiger partial charge in [0, 0.05) is 37.1 Å². The van der Waals surface area contributed by atoms with Crippen molar-refractivity contribution in [3.63, 3.8) is 0 Å². The summed E-state index contributed by atoms with van der Waals surface area (Å²) in [6.45, 7) is 2.67. The van der Waals surface area contributed by atoms with Crippen molar-refractivity contribution in [2.24, 2.45) is 0 Å². The number of carbonyl (C=O) groups is 2. The lowest BCUT2D eigenvalue weighted by Crippen LogP contribution is -2.50. The highest BCUT2D eigenvalue weighted by Crippen LogP contribution is 2.32. The molecule has 2 amide bonds. The molecule has 1 saturated heterocycles. The molecule has 2 aliphatic heterocycles. The molecule has 0 spiro atoms. The smallest absolute Gasteiger partial charge is 0.265 e. The van der Waals surface area contributed by atoms with Crippen molar-refractivity contribution in [3.05, 3.63) is 46.7 Å². The molecule has 0 bridgehead atoms. The van der Waals surface area contributed by atoms with Crippen LogP contribution in [-0.2, 0) is 19.6 Å². The van der Waals surface area contributed by atoms with E-state index < -0.39 is 16.1 Å². The lowest BCUT2D eigenvalue weighted by molar-refractivity contribution is -0.127. The van der Waals surface area contributed by atoms with Crippen LogP contribution in [0.15, 0.2) is 46.7 Å². The Balaban J connectivity index is 1.42. The van der Waals surface area contributed by atoms with E-state index in [2.05, 4.69) is 5.32 Å². The number of amides is 2. The first kappa shape index (κ1) is 20.6. The van der Waals surface area contributed by atoms with Crippen molar-refractivity contribution in [3.8, 4) is 5.75 Å². The van der Waals surface area contributed by atoms with Gasteiger partial charge in [0.05, 0.1) is 10.6 Å². The third-order valence-corrected chi connectivity index (χ3v) is 7.74. The van der Waals surface area contributed by atoms with Gasteiger partial charge in [0.25, 0.3) is 5.91 Å². The Hall–Kier alpha value is -2.69. The van der Waals surface area contributed by atoms with Gasteiger partial charge in [0.2, 0.25) is 15.9 Å². The molecule has 2 aromatic rings. The van der Waals surface area contributed by atoms with Gasteiger partial charge in [0.1, 0.15) is 5.75 Å². The first-order chi connectivity index (χ1) is 14.3. The standard InChI is InChI=1S/C20H21N3O5S2/c1-14-20(25)21-17-13-16(5-6-18(17)28-14)30(26,27)23-10-8-22(9-11-23)19(24)7-4-15-3-2-12-29-15/h2-7,12-14H,8-11H2,1H3,(H,21,25)/b7-4+/t14-/m0/s1. The van der Waals surface area contributed by atoms with Gasteiger partial charge < -0.3 is 15.0 Å². The highest BCUT2D eigenvalue weighted by molar-refractivity contribution is 7.89. The van der Waals surface area contributed by atoms with Gasteiger partial charge in [-0.2, -0.15) is 4.31 Å². The summed E-state index contributed by atoms with van der Waals surface area (Å²) in [6.07, 6.45) is 2.66. The highest BCUT2D eigenvalue weighted by Gasteiger charge is 2.31.